The molecule has 1 aliphatic heterocycles. The number of fused-ring (bicyclic) bond motifs is 1. The lowest BCUT2D eigenvalue weighted by atomic mass is 9.98. The third-order valence-electron chi connectivity index (χ3n) is 4.88. The molecule has 30 heavy (non-hydrogen) atoms. The van der Waals surface area contributed by atoms with Crippen LogP contribution in [0.5, 0.6) is 0 Å². The highest BCUT2D eigenvalue weighted by Crippen LogP contribution is 2.34. The third-order valence-corrected chi connectivity index (χ3v) is 5.97. The van der Waals surface area contributed by atoms with Gasteiger partial charge in [0.25, 0.3) is 5.91 Å². The second-order valence-corrected chi connectivity index (χ2v) is 8.66. The fourth-order valence-electron chi connectivity index (χ4n) is 3.60. The number of piperidine rings is 1. The number of nitrogens with zero attached hydrogens (tertiary/aromatic N) is 4. The van der Waals surface area contributed by atoms with E-state index in [0.717, 1.165) is 12.8 Å². The monoisotopic (exact) mass is 486 g/mol. The van der Waals surface area contributed by atoms with Crippen molar-refractivity contribution >= 4 is 63.3 Å². The Morgan fingerprint density at radius 1 is 1.20 bits per heavy atom. The lowest BCUT2D eigenvalue weighted by Gasteiger charge is -2.35. The Labute approximate surface area is 189 Å². The van der Waals surface area contributed by atoms with Crippen molar-refractivity contribution in [2.45, 2.75) is 25.3 Å². The molecule has 1 aromatic carbocycles. The summed E-state index contributed by atoms with van der Waals surface area (Å²) in [5.74, 6) is -0.343. The number of anilines is 1. The van der Waals surface area contributed by atoms with Crippen molar-refractivity contribution < 1.29 is 13.6 Å². The molecule has 2 aromatic heterocycles. The van der Waals surface area contributed by atoms with E-state index >= 15 is 0 Å². The molecular formula is C18H15Cl3N5O3S-. The largest absolute Gasteiger partial charge is 0.755 e. The number of benzene rings is 1. The number of amides is 1. The summed E-state index contributed by atoms with van der Waals surface area (Å²) in [6, 6.07) is 7.34. The van der Waals surface area contributed by atoms with Crippen molar-refractivity contribution in [2.24, 2.45) is 0 Å². The first-order valence-corrected chi connectivity index (χ1v) is 11.2. The Bertz CT molecular complexity index is 1160. The van der Waals surface area contributed by atoms with Gasteiger partial charge >= 0.3 is 0 Å². The van der Waals surface area contributed by atoms with Crippen LogP contribution in [0.1, 0.15) is 41.4 Å². The van der Waals surface area contributed by atoms with E-state index in [1.165, 1.54) is 28.8 Å². The summed E-state index contributed by atoms with van der Waals surface area (Å²) >= 11 is 15.7. The Kier molecular flexibility index (Phi) is 6.17. The molecular weight excluding hydrogens is 473 g/mol. The van der Waals surface area contributed by atoms with E-state index in [2.05, 4.69) is 14.8 Å². The fourth-order valence-corrected chi connectivity index (χ4v) is 4.60. The molecule has 0 bridgehead atoms. The number of rotatable bonds is 4. The van der Waals surface area contributed by atoms with Crippen LogP contribution in [0.25, 0.3) is 5.65 Å². The van der Waals surface area contributed by atoms with E-state index in [1.54, 1.807) is 11.0 Å². The first-order chi connectivity index (χ1) is 14.3. The summed E-state index contributed by atoms with van der Waals surface area (Å²) in [5, 5.41) is 5.40. The van der Waals surface area contributed by atoms with Gasteiger partial charge in [-0.25, -0.2) is 9.50 Å². The first-order valence-electron chi connectivity index (χ1n) is 9.01. The van der Waals surface area contributed by atoms with Crippen molar-refractivity contribution in [1.29, 1.82) is 0 Å². The third kappa shape index (κ3) is 4.26. The Hall–Kier alpha value is -1.91. The van der Waals surface area contributed by atoms with Crippen molar-refractivity contribution in [1.82, 2.24) is 19.5 Å². The molecule has 1 N–H and O–H groups in total. The fraction of sp³-hybridized carbons (Fsp3) is 0.278. The van der Waals surface area contributed by atoms with Gasteiger partial charge in [0.15, 0.2) is 5.65 Å². The highest BCUT2D eigenvalue weighted by Gasteiger charge is 2.32. The summed E-state index contributed by atoms with van der Waals surface area (Å²) in [6.07, 6.45) is 2.42. The van der Waals surface area contributed by atoms with Crippen molar-refractivity contribution in [3.63, 3.8) is 0 Å². The molecule has 3 heterocycles. The zero-order valence-electron chi connectivity index (χ0n) is 15.3. The van der Waals surface area contributed by atoms with Crippen LogP contribution in [-0.2, 0) is 11.3 Å². The molecule has 1 amide bonds. The van der Waals surface area contributed by atoms with Crippen LogP contribution >= 0.6 is 34.8 Å². The van der Waals surface area contributed by atoms with Crippen LogP contribution < -0.4 is 4.72 Å². The number of carbonyl (C=O) groups is 1. The van der Waals surface area contributed by atoms with Gasteiger partial charge in [-0.2, -0.15) is 5.10 Å². The minimum atomic E-state index is -2.58. The van der Waals surface area contributed by atoms with Crippen molar-refractivity contribution in [2.75, 3.05) is 11.3 Å². The standard InChI is InChI=1S/C18H16Cl3N5O3S/c19-10-4-5-12(24-30(28)29)11(7-10)18(27)25-6-2-1-3-14(25)13-8-17-22-15(20)9-16(21)26(17)23-13/h4-5,7-9,14,24H,1-3,6H2,(H,28,29)/p-1/t14-/m0/s1. The van der Waals surface area contributed by atoms with Crippen molar-refractivity contribution in [3.05, 3.63) is 56.9 Å². The lowest BCUT2D eigenvalue weighted by molar-refractivity contribution is 0.0607. The van der Waals surface area contributed by atoms with Crippen LogP contribution in [0.4, 0.5) is 5.69 Å². The normalized spacial score (nSPS) is 17.9. The molecule has 12 heteroatoms. The van der Waals surface area contributed by atoms with Crippen molar-refractivity contribution in [3.8, 4) is 0 Å². The molecule has 2 atom stereocenters. The average molecular weight is 488 g/mol. The van der Waals surface area contributed by atoms with Gasteiger partial charge in [-0.05, 0) is 37.5 Å². The summed E-state index contributed by atoms with van der Waals surface area (Å²) < 4.78 is 26.0. The number of likely N-dealkylation sites (tertiary alicyclic amines) is 1. The second kappa shape index (κ2) is 8.68. The minimum Gasteiger partial charge on any atom is -0.755 e. The van der Waals surface area contributed by atoms with Gasteiger partial charge in [0.2, 0.25) is 0 Å². The van der Waals surface area contributed by atoms with Gasteiger partial charge in [-0.1, -0.05) is 34.8 Å². The molecule has 0 spiro atoms. The Morgan fingerprint density at radius 2 is 2.00 bits per heavy atom. The summed E-state index contributed by atoms with van der Waals surface area (Å²) in [7, 11) is 0. The number of hydrogen-bond acceptors (Lipinski definition) is 5. The SMILES string of the molecule is O=C(c1cc(Cl)ccc1NS(=O)[O-])N1CCCC[C@H]1c1cc2nc(Cl)cc(Cl)n2n1. The maximum absolute atomic E-state index is 13.4. The molecule has 0 saturated carbocycles. The topological polar surface area (TPSA) is 103 Å². The van der Waals surface area contributed by atoms with Crippen LogP contribution in [0.15, 0.2) is 30.3 Å². The van der Waals surface area contributed by atoms with Gasteiger partial charge in [0.1, 0.15) is 10.3 Å². The Morgan fingerprint density at radius 3 is 2.77 bits per heavy atom. The molecule has 158 valence electrons. The predicted molar refractivity (Wildman–Crippen MR) is 115 cm³/mol. The van der Waals surface area contributed by atoms with Crippen LogP contribution in [-0.4, -0.2) is 40.7 Å². The lowest BCUT2D eigenvalue weighted by Crippen LogP contribution is -2.39. The van der Waals surface area contributed by atoms with Gasteiger partial charge < -0.3 is 14.2 Å². The number of halogens is 3. The predicted octanol–water partition coefficient (Wildman–Crippen LogP) is 4.26. The molecule has 0 aliphatic carbocycles. The second-order valence-electron chi connectivity index (χ2n) is 6.78. The van der Waals surface area contributed by atoms with E-state index in [1.807, 2.05) is 0 Å². The minimum absolute atomic E-state index is 0.161. The number of carbonyl (C=O) groups excluding carboxylic acids is 1. The molecule has 0 radical (unpaired) electrons. The summed E-state index contributed by atoms with van der Waals surface area (Å²) in [4.78, 5) is 19.3. The Balaban J connectivity index is 1.73. The van der Waals surface area contributed by atoms with E-state index < -0.39 is 11.3 Å². The number of nitrogens with one attached hydrogen (secondary N) is 1. The van der Waals surface area contributed by atoms with E-state index in [-0.39, 0.29) is 28.4 Å². The number of aromatic nitrogens is 3. The average Bonchev–Trinajstić information content (AvgIpc) is 3.13. The highest BCUT2D eigenvalue weighted by atomic mass is 35.5. The summed E-state index contributed by atoms with van der Waals surface area (Å²) in [5.41, 5.74) is 1.44. The first kappa shape index (κ1) is 21.3. The van der Waals surface area contributed by atoms with E-state index in [0.29, 0.717) is 34.5 Å². The summed E-state index contributed by atoms with van der Waals surface area (Å²) in [6.45, 7) is 0.492. The van der Waals surface area contributed by atoms with E-state index in [9.17, 15) is 13.6 Å². The van der Waals surface area contributed by atoms with Gasteiger partial charge in [-0.3, -0.25) is 9.00 Å². The van der Waals surface area contributed by atoms with Gasteiger partial charge in [-0.15, -0.1) is 0 Å². The maximum Gasteiger partial charge on any atom is 0.256 e. The molecule has 1 fully saturated rings. The zero-order chi connectivity index (χ0) is 21.4. The van der Waals surface area contributed by atoms with E-state index in [4.69, 9.17) is 34.8 Å². The van der Waals surface area contributed by atoms with Gasteiger partial charge in [0.05, 0.1) is 23.0 Å². The molecule has 3 aromatic rings. The molecule has 4 rings (SSSR count). The molecule has 1 saturated heterocycles. The van der Waals surface area contributed by atoms with Gasteiger partial charge in [0, 0.05) is 35.0 Å². The quantitative estimate of drug-likeness (QED) is 0.437. The number of hydrogen-bond donors (Lipinski definition) is 1. The van der Waals surface area contributed by atoms with Crippen LogP contribution in [0, 0.1) is 0 Å². The van der Waals surface area contributed by atoms with Crippen LogP contribution in [0.2, 0.25) is 15.3 Å². The zero-order valence-corrected chi connectivity index (χ0v) is 18.4. The van der Waals surface area contributed by atoms with Crippen LogP contribution in [0.3, 0.4) is 0 Å². The molecule has 1 unspecified atom stereocenters. The maximum atomic E-state index is 13.4. The molecule has 1 aliphatic rings. The smallest absolute Gasteiger partial charge is 0.256 e. The highest BCUT2D eigenvalue weighted by molar-refractivity contribution is 7.80. The molecule has 8 nitrogen and oxygen atoms in total.